The molecule has 1 aromatic rings. The molecule has 1 aromatic carbocycles. The molecule has 2 N–H and O–H groups in total. The van der Waals surface area contributed by atoms with Gasteiger partial charge in [0.2, 0.25) is 0 Å². The molecule has 1 rings (SSSR count). The molecule has 0 radical (unpaired) electrons. The highest BCUT2D eigenvalue weighted by atomic mass is 16.6. The maximum atomic E-state index is 11.7. The molecule has 0 aliphatic rings. The van der Waals surface area contributed by atoms with Crippen molar-refractivity contribution in [2.24, 2.45) is 0 Å². The number of amides is 1. The Balaban J connectivity index is 2.88. The minimum atomic E-state index is -0.525. The SMILES string of the molecule is Cc1cc(C)c(NC(=O)OC(C)(C)C)cc1CO. The second-order valence-corrected chi connectivity index (χ2v) is 5.38. The Hall–Kier alpha value is -1.55. The van der Waals surface area contributed by atoms with Crippen LogP contribution in [0.5, 0.6) is 0 Å². The minimum absolute atomic E-state index is 0.0465. The van der Waals surface area contributed by atoms with E-state index in [-0.39, 0.29) is 6.61 Å². The number of hydrogen-bond acceptors (Lipinski definition) is 3. The van der Waals surface area contributed by atoms with E-state index in [1.807, 2.05) is 40.7 Å². The third kappa shape index (κ3) is 4.04. The van der Waals surface area contributed by atoms with Crippen LogP contribution < -0.4 is 5.32 Å². The summed E-state index contributed by atoms with van der Waals surface area (Å²) < 4.78 is 5.19. The van der Waals surface area contributed by atoms with Gasteiger partial charge in [-0.2, -0.15) is 0 Å². The average molecular weight is 251 g/mol. The van der Waals surface area contributed by atoms with Gasteiger partial charge in [-0.25, -0.2) is 4.79 Å². The fourth-order valence-corrected chi connectivity index (χ4v) is 1.62. The van der Waals surface area contributed by atoms with Gasteiger partial charge in [0.05, 0.1) is 6.61 Å². The third-order valence-corrected chi connectivity index (χ3v) is 2.49. The van der Waals surface area contributed by atoms with Crippen LogP contribution in [0.2, 0.25) is 0 Å². The van der Waals surface area contributed by atoms with Gasteiger partial charge in [0, 0.05) is 5.69 Å². The molecule has 0 aromatic heterocycles. The molecule has 0 bridgehead atoms. The maximum absolute atomic E-state index is 11.7. The van der Waals surface area contributed by atoms with Crippen LogP contribution >= 0.6 is 0 Å². The van der Waals surface area contributed by atoms with Crippen molar-refractivity contribution in [1.29, 1.82) is 0 Å². The molecule has 0 unspecified atom stereocenters. The minimum Gasteiger partial charge on any atom is -0.444 e. The summed E-state index contributed by atoms with van der Waals surface area (Å²) >= 11 is 0. The van der Waals surface area contributed by atoms with Crippen molar-refractivity contribution in [3.05, 3.63) is 28.8 Å². The van der Waals surface area contributed by atoms with Crippen molar-refractivity contribution >= 4 is 11.8 Å². The monoisotopic (exact) mass is 251 g/mol. The lowest BCUT2D eigenvalue weighted by molar-refractivity contribution is 0.0635. The van der Waals surface area contributed by atoms with Crippen LogP contribution in [-0.4, -0.2) is 16.8 Å². The number of nitrogens with one attached hydrogen (secondary N) is 1. The number of carbonyl (C=O) groups excluding carboxylic acids is 1. The number of benzene rings is 1. The lowest BCUT2D eigenvalue weighted by Crippen LogP contribution is -2.27. The average Bonchev–Trinajstić information content (AvgIpc) is 2.19. The summed E-state index contributed by atoms with van der Waals surface area (Å²) in [6.45, 7) is 9.22. The standard InChI is InChI=1S/C14H21NO3/c1-9-6-10(2)12(7-11(9)8-16)15-13(17)18-14(3,4)5/h6-7,16H,8H2,1-5H3,(H,15,17). The van der Waals surface area contributed by atoms with Gasteiger partial charge >= 0.3 is 6.09 Å². The largest absolute Gasteiger partial charge is 0.444 e. The Morgan fingerprint density at radius 1 is 1.28 bits per heavy atom. The molecule has 4 heteroatoms. The Morgan fingerprint density at radius 2 is 1.89 bits per heavy atom. The smallest absolute Gasteiger partial charge is 0.412 e. The van der Waals surface area contributed by atoms with Gasteiger partial charge in [-0.05, 0) is 57.4 Å². The Kier molecular flexibility index (Phi) is 4.35. The molecule has 100 valence electrons. The quantitative estimate of drug-likeness (QED) is 0.849. The molecular formula is C14H21NO3. The van der Waals surface area contributed by atoms with Gasteiger partial charge in [0.15, 0.2) is 0 Å². The van der Waals surface area contributed by atoms with E-state index in [1.54, 1.807) is 6.07 Å². The van der Waals surface area contributed by atoms with Crippen molar-refractivity contribution in [3.63, 3.8) is 0 Å². The fourth-order valence-electron chi connectivity index (χ4n) is 1.62. The summed E-state index contributed by atoms with van der Waals surface area (Å²) in [5, 5.41) is 11.9. The molecular weight excluding hydrogens is 230 g/mol. The van der Waals surface area contributed by atoms with E-state index < -0.39 is 11.7 Å². The van der Waals surface area contributed by atoms with E-state index in [0.29, 0.717) is 5.69 Å². The number of aryl methyl sites for hydroxylation is 2. The van der Waals surface area contributed by atoms with Gasteiger partial charge in [-0.1, -0.05) is 6.07 Å². The molecule has 0 aliphatic heterocycles. The third-order valence-electron chi connectivity index (χ3n) is 2.49. The molecule has 0 aliphatic carbocycles. The number of aliphatic hydroxyl groups is 1. The molecule has 0 heterocycles. The van der Waals surface area contributed by atoms with Crippen molar-refractivity contribution in [1.82, 2.24) is 0 Å². The first-order chi connectivity index (χ1) is 8.23. The van der Waals surface area contributed by atoms with Gasteiger partial charge < -0.3 is 9.84 Å². The van der Waals surface area contributed by atoms with Crippen LogP contribution in [0.15, 0.2) is 12.1 Å². The van der Waals surface area contributed by atoms with Crippen molar-refractivity contribution in [2.75, 3.05) is 5.32 Å². The van der Waals surface area contributed by atoms with E-state index in [0.717, 1.165) is 16.7 Å². The predicted octanol–water partition coefficient (Wildman–Crippen LogP) is 3.14. The molecule has 0 atom stereocenters. The number of aliphatic hydroxyl groups excluding tert-OH is 1. The Morgan fingerprint density at radius 3 is 2.39 bits per heavy atom. The molecule has 0 fully saturated rings. The van der Waals surface area contributed by atoms with Gasteiger partial charge in [-0.3, -0.25) is 5.32 Å². The topological polar surface area (TPSA) is 58.6 Å². The second-order valence-electron chi connectivity index (χ2n) is 5.38. The zero-order valence-electron chi connectivity index (χ0n) is 11.6. The first kappa shape index (κ1) is 14.5. The molecule has 0 saturated carbocycles. The molecule has 18 heavy (non-hydrogen) atoms. The van der Waals surface area contributed by atoms with Gasteiger partial charge in [0.25, 0.3) is 0 Å². The van der Waals surface area contributed by atoms with Crippen LogP contribution in [0.25, 0.3) is 0 Å². The van der Waals surface area contributed by atoms with Crippen molar-refractivity contribution in [3.8, 4) is 0 Å². The van der Waals surface area contributed by atoms with Crippen LogP contribution in [0.4, 0.5) is 10.5 Å². The summed E-state index contributed by atoms with van der Waals surface area (Å²) in [6, 6.07) is 3.70. The van der Waals surface area contributed by atoms with E-state index >= 15 is 0 Å². The lowest BCUT2D eigenvalue weighted by Gasteiger charge is -2.20. The van der Waals surface area contributed by atoms with Crippen LogP contribution in [0.3, 0.4) is 0 Å². The van der Waals surface area contributed by atoms with E-state index in [4.69, 9.17) is 4.74 Å². The summed E-state index contributed by atoms with van der Waals surface area (Å²) in [7, 11) is 0. The first-order valence-electron chi connectivity index (χ1n) is 5.94. The maximum Gasteiger partial charge on any atom is 0.412 e. The lowest BCUT2D eigenvalue weighted by atomic mass is 10.0. The van der Waals surface area contributed by atoms with E-state index in [2.05, 4.69) is 5.32 Å². The highest BCUT2D eigenvalue weighted by molar-refractivity contribution is 5.86. The zero-order chi connectivity index (χ0) is 13.9. The highest BCUT2D eigenvalue weighted by Gasteiger charge is 2.17. The Bertz CT molecular complexity index is 447. The second kappa shape index (κ2) is 5.40. The zero-order valence-corrected chi connectivity index (χ0v) is 11.6. The fraction of sp³-hybridized carbons (Fsp3) is 0.500. The predicted molar refractivity (Wildman–Crippen MR) is 71.7 cm³/mol. The number of ether oxygens (including phenoxy) is 1. The van der Waals surface area contributed by atoms with Gasteiger partial charge in [-0.15, -0.1) is 0 Å². The number of anilines is 1. The summed E-state index contributed by atoms with van der Waals surface area (Å²) in [5.74, 6) is 0. The van der Waals surface area contributed by atoms with Crippen LogP contribution in [-0.2, 0) is 11.3 Å². The van der Waals surface area contributed by atoms with Crippen molar-refractivity contribution < 1.29 is 14.6 Å². The van der Waals surface area contributed by atoms with E-state index in [9.17, 15) is 9.90 Å². The molecule has 4 nitrogen and oxygen atoms in total. The highest BCUT2D eigenvalue weighted by Crippen LogP contribution is 2.21. The van der Waals surface area contributed by atoms with Crippen LogP contribution in [0, 0.1) is 13.8 Å². The van der Waals surface area contributed by atoms with Gasteiger partial charge in [0.1, 0.15) is 5.60 Å². The summed E-state index contributed by atoms with van der Waals surface area (Å²) in [5.41, 5.74) is 2.88. The summed E-state index contributed by atoms with van der Waals surface area (Å²) in [6.07, 6.45) is -0.488. The number of hydrogen-bond donors (Lipinski definition) is 2. The molecule has 0 saturated heterocycles. The van der Waals surface area contributed by atoms with Crippen molar-refractivity contribution in [2.45, 2.75) is 46.8 Å². The molecule has 0 spiro atoms. The Labute approximate surface area is 108 Å². The first-order valence-corrected chi connectivity index (χ1v) is 5.94. The van der Waals surface area contributed by atoms with E-state index in [1.165, 1.54) is 0 Å². The summed E-state index contributed by atoms with van der Waals surface area (Å²) in [4.78, 5) is 11.7. The normalized spacial score (nSPS) is 11.2. The number of rotatable bonds is 2. The molecule has 1 amide bonds. The van der Waals surface area contributed by atoms with Crippen LogP contribution in [0.1, 0.15) is 37.5 Å². The number of carbonyl (C=O) groups is 1.